The van der Waals surface area contributed by atoms with Crippen LogP contribution in [0.2, 0.25) is 0 Å². The molecule has 0 radical (unpaired) electrons. The molecule has 3 rings (SSSR count). The van der Waals surface area contributed by atoms with Gasteiger partial charge < -0.3 is 14.6 Å². The second-order valence-corrected chi connectivity index (χ2v) is 6.60. The molecule has 0 saturated heterocycles. The molecular formula is C22H21BrO3. The van der Waals surface area contributed by atoms with Crippen molar-refractivity contribution in [2.45, 2.75) is 19.3 Å². The number of hydrogen-bond acceptors (Lipinski definition) is 3. The van der Waals surface area contributed by atoms with Crippen LogP contribution in [0, 0.1) is 0 Å². The first kappa shape index (κ1) is 18.5. The number of aliphatic hydroxyl groups is 1. The van der Waals surface area contributed by atoms with E-state index in [1.807, 2.05) is 78.9 Å². The van der Waals surface area contributed by atoms with E-state index < -0.39 is 6.10 Å². The number of halogens is 1. The standard InChI is InChI=1S/C22H21BrO3/c23-14-22(24)19-11-20(25-15-17-7-3-1-4-8-17)13-21(12-19)26-16-18-9-5-2-6-10-18/h1-13,22,24H,14-16H2/t22-/m0/s1. The molecule has 0 amide bonds. The van der Waals surface area contributed by atoms with Crippen LogP contribution in [0.25, 0.3) is 0 Å². The smallest absolute Gasteiger partial charge is 0.123 e. The predicted molar refractivity (Wildman–Crippen MR) is 107 cm³/mol. The van der Waals surface area contributed by atoms with Gasteiger partial charge >= 0.3 is 0 Å². The normalized spacial score (nSPS) is 11.8. The SMILES string of the molecule is O[C@@H](CBr)c1cc(OCc2ccccc2)cc(OCc2ccccc2)c1. The Kier molecular flexibility index (Phi) is 6.69. The van der Waals surface area contributed by atoms with Crippen LogP contribution in [0.3, 0.4) is 0 Å². The molecule has 26 heavy (non-hydrogen) atoms. The highest BCUT2D eigenvalue weighted by Gasteiger charge is 2.11. The minimum Gasteiger partial charge on any atom is -0.489 e. The van der Waals surface area contributed by atoms with Gasteiger partial charge in [0.2, 0.25) is 0 Å². The third-order valence-corrected chi connectivity index (χ3v) is 4.54. The Labute approximate surface area is 162 Å². The average Bonchev–Trinajstić information content (AvgIpc) is 2.71. The second kappa shape index (κ2) is 9.41. The Bertz CT molecular complexity index is 744. The lowest BCUT2D eigenvalue weighted by Crippen LogP contribution is -2.03. The highest BCUT2D eigenvalue weighted by Crippen LogP contribution is 2.28. The summed E-state index contributed by atoms with van der Waals surface area (Å²) >= 11 is 3.32. The zero-order chi connectivity index (χ0) is 18.2. The molecule has 0 bridgehead atoms. The van der Waals surface area contributed by atoms with Crippen LogP contribution < -0.4 is 9.47 Å². The fraction of sp³-hybridized carbons (Fsp3) is 0.182. The molecule has 0 heterocycles. The predicted octanol–water partition coefficient (Wildman–Crippen LogP) is 5.27. The van der Waals surface area contributed by atoms with E-state index in [4.69, 9.17) is 9.47 Å². The van der Waals surface area contributed by atoms with Gasteiger partial charge in [0, 0.05) is 11.4 Å². The Morgan fingerprint density at radius 1 is 0.731 bits per heavy atom. The minimum absolute atomic E-state index is 0.452. The fourth-order valence-corrected chi connectivity index (χ4v) is 2.90. The first-order valence-corrected chi connectivity index (χ1v) is 9.59. The molecule has 3 nitrogen and oxygen atoms in total. The van der Waals surface area contributed by atoms with Crippen LogP contribution in [0.15, 0.2) is 78.9 Å². The number of aliphatic hydroxyl groups excluding tert-OH is 1. The van der Waals surface area contributed by atoms with Crippen molar-refractivity contribution < 1.29 is 14.6 Å². The fourth-order valence-electron chi connectivity index (χ4n) is 2.52. The van der Waals surface area contributed by atoms with Gasteiger partial charge in [-0.2, -0.15) is 0 Å². The van der Waals surface area contributed by atoms with E-state index in [9.17, 15) is 5.11 Å². The molecule has 134 valence electrons. The summed E-state index contributed by atoms with van der Waals surface area (Å²) in [5, 5.41) is 10.6. The van der Waals surface area contributed by atoms with Gasteiger partial charge in [-0.1, -0.05) is 76.6 Å². The highest BCUT2D eigenvalue weighted by atomic mass is 79.9. The number of alkyl halides is 1. The van der Waals surface area contributed by atoms with Gasteiger partial charge in [-0.3, -0.25) is 0 Å². The van der Waals surface area contributed by atoms with Gasteiger partial charge in [-0.05, 0) is 28.8 Å². The molecule has 0 fully saturated rings. The number of benzene rings is 3. The first-order valence-electron chi connectivity index (χ1n) is 8.47. The molecule has 0 unspecified atom stereocenters. The van der Waals surface area contributed by atoms with E-state index in [1.165, 1.54) is 0 Å². The Balaban J connectivity index is 1.74. The molecule has 4 heteroatoms. The summed E-state index contributed by atoms with van der Waals surface area (Å²) < 4.78 is 11.8. The Hall–Kier alpha value is -2.30. The van der Waals surface area contributed by atoms with E-state index in [-0.39, 0.29) is 0 Å². The number of ether oxygens (including phenoxy) is 2. The molecule has 0 aromatic heterocycles. The van der Waals surface area contributed by atoms with E-state index in [2.05, 4.69) is 15.9 Å². The Morgan fingerprint density at radius 2 is 1.19 bits per heavy atom. The number of hydrogen-bond donors (Lipinski definition) is 1. The van der Waals surface area contributed by atoms with Crippen LogP contribution in [0.5, 0.6) is 11.5 Å². The van der Waals surface area contributed by atoms with E-state index in [0.717, 1.165) is 16.7 Å². The summed E-state index contributed by atoms with van der Waals surface area (Å²) in [5.41, 5.74) is 2.94. The van der Waals surface area contributed by atoms with Crippen LogP contribution in [0.4, 0.5) is 0 Å². The maximum Gasteiger partial charge on any atom is 0.123 e. The van der Waals surface area contributed by atoms with Crippen molar-refractivity contribution in [2.75, 3.05) is 5.33 Å². The van der Waals surface area contributed by atoms with Gasteiger partial charge in [0.05, 0.1) is 6.10 Å². The molecule has 0 spiro atoms. The van der Waals surface area contributed by atoms with Crippen molar-refractivity contribution in [2.24, 2.45) is 0 Å². The van der Waals surface area contributed by atoms with Crippen LogP contribution in [-0.4, -0.2) is 10.4 Å². The monoisotopic (exact) mass is 412 g/mol. The van der Waals surface area contributed by atoms with Gasteiger partial charge in [-0.15, -0.1) is 0 Å². The molecule has 0 aliphatic carbocycles. The molecule has 0 saturated carbocycles. The summed E-state index contributed by atoms with van der Waals surface area (Å²) in [6, 6.07) is 25.5. The summed E-state index contributed by atoms with van der Waals surface area (Å²) in [4.78, 5) is 0. The molecule has 0 aliphatic heterocycles. The zero-order valence-electron chi connectivity index (χ0n) is 14.3. The van der Waals surface area contributed by atoms with Crippen LogP contribution in [-0.2, 0) is 13.2 Å². The molecule has 0 aliphatic rings. The van der Waals surface area contributed by atoms with Crippen molar-refractivity contribution in [1.29, 1.82) is 0 Å². The first-order chi connectivity index (χ1) is 12.7. The van der Waals surface area contributed by atoms with E-state index in [1.54, 1.807) is 0 Å². The topological polar surface area (TPSA) is 38.7 Å². The summed E-state index contributed by atoms with van der Waals surface area (Å²) in [6.07, 6.45) is -0.616. The lowest BCUT2D eigenvalue weighted by Gasteiger charge is -2.15. The van der Waals surface area contributed by atoms with E-state index in [0.29, 0.717) is 30.0 Å². The Morgan fingerprint density at radius 3 is 1.62 bits per heavy atom. The molecule has 3 aromatic rings. The zero-order valence-corrected chi connectivity index (χ0v) is 15.9. The average molecular weight is 413 g/mol. The lowest BCUT2D eigenvalue weighted by molar-refractivity contribution is 0.203. The van der Waals surface area contributed by atoms with Gasteiger partial charge in [0.25, 0.3) is 0 Å². The van der Waals surface area contributed by atoms with Crippen molar-refractivity contribution in [3.8, 4) is 11.5 Å². The maximum absolute atomic E-state index is 10.2. The summed E-state index contributed by atoms with van der Waals surface area (Å²) in [7, 11) is 0. The van der Waals surface area contributed by atoms with Crippen molar-refractivity contribution >= 4 is 15.9 Å². The van der Waals surface area contributed by atoms with Gasteiger partial charge in [0.1, 0.15) is 24.7 Å². The quantitative estimate of drug-likeness (QED) is 0.511. The summed E-state index contributed by atoms with van der Waals surface area (Å²) in [5.74, 6) is 1.35. The van der Waals surface area contributed by atoms with Crippen LogP contribution >= 0.6 is 15.9 Å². The van der Waals surface area contributed by atoms with Crippen LogP contribution in [0.1, 0.15) is 22.8 Å². The summed E-state index contributed by atoms with van der Waals surface area (Å²) in [6.45, 7) is 0.930. The van der Waals surface area contributed by atoms with Crippen molar-refractivity contribution in [3.05, 3.63) is 95.6 Å². The van der Waals surface area contributed by atoms with Gasteiger partial charge in [-0.25, -0.2) is 0 Å². The third-order valence-electron chi connectivity index (χ3n) is 3.93. The van der Waals surface area contributed by atoms with Crippen molar-refractivity contribution in [1.82, 2.24) is 0 Å². The van der Waals surface area contributed by atoms with E-state index >= 15 is 0 Å². The largest absolute Gasteiger partial charge is 0.489 e. The second-order valence-electron chi connectivity index (χ2n) is 5.96. The molecular weight excluding hydrogens is 392 g/mol. The molecule has 1 N–H and O–H groups in total. The van der Waals surface area contributed by atoms with Gasteiger partial charge in [0.15, 0.2) is 0 Å². The molecule has 1 atom stereocenters. The lowest BCUT2D eigenvalue weighted by atomic mass is 10.1. The highest BCUT2D eigenvalue weighted by molar-refractivity contribution is 9.09. The molecule has 3 aromatic carbocycles. The third kappa shape index (κ3) is 5.35. The maximum atomic E-state index is 10.2. The van der Waals surface area contributed by atoms with Crippen molar-refractivity contribution in [3.63, 3.8) is 0 Å². The number of rotatable bonds is 8. The minimum atomic E-state index is -0.616.